The zero-order valence-electron chi connectivity index (χ0n) is 11.0. The van der Waals surface area contributed by atoms with E-state index >= 15 is 0 Å². The highest BCUT2D eigenvalue weighted by molar-refractivity contribution is 6.33. The number of nitrogens with two attached hydrogens (primary N) is 2. The zero-order chi connectivity index (χ0) is 13.3. The second kappa shape index (κ2) is 5.24. The Morgan fingerprint density at radius 2 is 2.00 bits per heavy atom. The Labute approximate surface area is 113 Å². The Kier molecular flexibility index (Phi) is 3.88. The number of nitrogens with zero attached hydrogens (tertiary/aromatic N) is 2. The molecule has 5 heteroatoms. The van der Waals surface area contributed by atoms with Crippen LogP contribution in [0.1, 0.15) is 6.42 Å². The normalized spacial score (nSPS) is 19.8. The van der Waals surface area contributed by atoms with Crippen LogP contribution >= 0.6 is 11.6 Å². The van der Waals surface area contributed by atoms with Gasteiger partial charge in [0.25, 0.3) is 0 Å². The molecule has 1 aliphatic heterocycles. The highest BCUT2D eigenvalue weighted by Gasteiger charge is 2.24. The lowest BCUT2D eigenvalue weighted by Crippen LogP contribution is -2.25. The molecule has 1 aliphatic rings. The van der Waals surface area contributed by atoms with E-state index in [1.807, 2.05) is 6.07 Å². The molecule has 4 nitrogen and oxygen atoms in total. The van der Waals surface area contributed by atoms with Gasteiger partial charge in [0.15, 0.2) is 0 Å². The van der Waals surface area contributed by atoms with Gasteiger partial charge in [-0.05, 0) is 38.6 Å². The summed E-state index contributed by atoms with van der Waals surface area (Å²) in [4.78, 5) is 4.53. The molecule has 1 fully saturated rings. The lowest BCUT2D eigenvalue weighted by atomic mass is 10.1. The van der Waals surface area contributed by atoms with Crippen LogP contribution < -0.4 is 16.4 Å². The second-order valence-electron chi connectivity index (χ2n) is 5.30. The van der Waals surface area contributed by atoms with E-state index in [0.717, 1.165) is 25.3 Å². The SMILES string of the molecule is CN(C)CC1CCN(c2cc(N)c(N)cc2Cl)C1. The molecule has 0 saturated carbocycles. The van der Waals surface area contributed by atoms with Crippen LogP contribution in [-0.2, 0) is 0 Å². The summed E-state index contributed by atoms with van der Waals surface area (Å²) in [7, 11) is 4.22. The van der Waals surface area contributed by atoms with E-state index in [4.69, 9.17) is 23.1 Å². The van der Waals surface area contributed by atoms with Crippen molar-refractivity contribution < 1.29 is 0 Å². The van der Waals surface area contributed by atoms with Crippen molar-refractivity contribution in [2.45, 2.75) is 6.42 Å². The van der Waals surface area contributed by atoms with Crippen molar-refractivity contribution in [3.63, 3.8) is 0 Å². The first-order chi connectivity index (χ1) is 8.47. The summed E-state index contributed by atoms with van der Waals surface area (Å²) in [6.07, 6.45) is 1.19. The largest absolute Gasteiger partial charge is 0.397 e. The summed E-state index contributed by atoms with van der Waals surface area (Å²) in [5, 5.41) is 0.687. The van der Waals surface area contributed by atoms with Crippen molar-refractivity contribution in [3.05, 3.63) is 17.2 Å². The molecule has 0 spiro atoms. The van der Waals surface area contributed by atoms with Crippen LogP contribution in [0.25, 0.3) is 0 Å². The minimum atomic E-state index is 0.549. The standard InChI is InChI=1S/C13H21ClN4/c1-17(2)7-9-3-4-18(8-9)13-6-12(16)11(15)5-10(13)14/h5-6,9H,3-4,7-8,15-16H2,1-2H3. The van der Waals surface area contributed by atoms with Crippen molar-refractivity contribution >= 4 is 28.7 Å². The highest BCUT2D eigenvalue weighted by Crippen LogP contribution is 2.35. The lowest BCUT2D eigenvalue weighted by molar-refractivity contribution is 0.340. The number of rotatable bonds is 3. The molecule has 1 aromatic rings. The maximum atomic E-state index is 6.25. The Bertz CT molecular complexity index is 433. The van der Waals surface area contributed by atoms with Crippen LogP contribution in [0.15, 0.2) is 12.1 Å². The van der Waals surface area contributed by atoms with Gasteiger partial charge in [0, 0.05) is 19.6 Å². The molecule has 0 bridgehead atoms. The fourth-order valence-electron chi connectivity index (χ4n) is 2.55. The highest BCUT2D eigenvalue weighted by atomic mass is 35.5. The fraction of sp³-hybridized carbons (Fsp3) is 0.538. The monoisotopic (exact) mass is 268 g/mol. The first-order valence-corrected chi connectivity index (χ1v) is 6.59. The zero-order valence-corrected chi connectivity index (χ0v) is 11.7. The van der Waals surface area contributed by atoms with Gasteiger partial charge in [0.1, 0.15) is 0 Å². The molecule has 1 saturated heterocycles. The predicted molar refractivity (Wildman–Crippen MR) is 79.2 cm³/mol. The Morgan fingerprint density at radius 3 is 2.67 bits per heavy atom. The van der Waals surface area contributed by atoms with Gasteiger partial charge in [-0.3, -0.25) is 0 Å². The van der Waals surface area contributed by atoms with Crippen molar-refractivity contribution in [1.29, 1.82) is 0 Å². The topological polar surface area (TPSA) is 58.5 Å². The summed E-state index contributed by atoms with van der Waals surface area (Å²) in [6, 6.07) is 3.63. The molecular weight excluding hydrogens is 248 g/mol. The first kappa shape index (κ1) is 13.3. The summed E-state index contributed by atoms with van der Waals surface area (Å²) < 4.78 is 0. The van der Waals surface area contributed by atoms with Gasteiger partial charge in [-0.1, -0.05) is 11.6 Å². The Hall–Kier alpha value is -1.13. The summed E-state index contributed by atoms with van der Waals surface area (Å²) in [6.45, 7) is 3.17. The number of halogens is 1. The second-order valence-corrected chi connectivity index (χ2v) is 5.70. The molecular formula is C13H21ClN4. The Morgan fingerprint density at radius 1 is 1.33 bits per heavy atom. The predicted octanol–water partition coefficient (Wildman–Crippen LogP) is 1.89. The molecule has 0 amide bonds. The number of anilines is 3. The third-order valence-corrected chi connectivity index (χ3v) is 3.71. The summed E-state index contributed by atoms with van der Waals surface area (Å²) >= 11 is 6.25. The molecule has 1 heterocycles. The summed E-state index contributed by atoms with van der Waals surface area (Å²) in [5.41, 5.74) is 13.8. The molecule has 100 valence electrons. The van der Waals surface area contributed by atoms with Crippen LogP contribution in [0.3, 0.4) is 0 Å². The average molecular weight is 269 g/mol. The molecule has 0 radical (unpaired) electrons. The van der Waals surface area contributed by atoms with Gasteiger partial charge in [-0.25, -0.2) is 0 Å². The van der Waals surface area contributed by atoms with Crippen LogP contribution in [0.2, 0.25) is 5.02 Å². The average Bonchev–Trinajstić information content (AvgIpc) is 2.70. The fourth-order valence-corrected chi connectivity index (χ4v) is 2.84. The Balaban J connectivity index is 2.12. The molecule has 1 aromatic carbocycles. The minimum Gasteiger partial charge on any atom is -0.397 e. The number of hydrogen-bond acceptors (Lipinski definition) is 4. The van der Waals surface area contributed by atoms with E-state index in [-0.39, 0.29) is 0 Å². The van der Waals surface area contributed by atoms with Gasteiger partial charge < -0.3 is 21.3 Å². The lowest BCUT2D eigenvalue weighted by Gasteiger charge is -2.22. The van der Waals surface area contributed by atoms with Crippen molar-refractivity contribution in [3.8, 4) is 0 Å². The molecule has 1 unspecified atom stereocenters. The van der Waals surface area contributed by atoms with Gasteiger partial charge in [-0.15, -0.1) is 0 Å². The van der Waals surface area contributed by atoms with Crippen LogP contribution in [0.5, 0.6) is 0 Å². The molecule has 0 aromatic heterocycles. The molecule has 0 aliphatic carbocycles. The van der Waals surface area contributed by atoms with E-state index < -0.39 is 0 Å². The van der Waals surface area contributed by atoms with E-state index in [2.05, 4.69) is 23.9 Å². The van der Waals surface area contributed by atoms with Gasteiger partial charge in [0.05, 0.1) is 22.1 Å². The third kappa shape index (κ3) is 2.82. The van der Waals surface area contributed by atoms with Crippen molar-refractivity contribution in [2.75, 3.05) is 50.1 Å². The van der Waals surface area contributed by atoms with Crippen LogP contribution in [0.4, 0.5) is 17.1 Å². The van der Waals surface area contributed by atoms with E-state index in [9.17, 15) is 0 Å². The van der Waals surface area contributed by atoms with Gasteiger partial charge in [0.2, 0.25) is 0 Å². The summed E-state index contributed by atoms with van der Waals surface area (Å²) in [5.74, 6) is 0.690. The van der Waals surface area contributed by atoms with Crippen molar-refractivity contribution in [2.24, 2.45) is 5.92 Å². The van der Waals surface area contributed by atoms with E-state index in [0.29, 0.717) is 22.3 Å². The van der Waals surface area contributed by atoms with Crippen molar-refractivity contribution in [1.82, 2.24) is 4.90 Å². The van der Waals surface area contributed by atoms with E-state index in [1.165, 1.54) is 6.42 Å². The molecule has 2 rings (SSSR count). The quantitative estimate of drug-likeness (QED) is 0.822. The number of hydrogen-bond donors (Lipinski definition) is 2. The number of benzene rings is 1. The van der Waals surface area contributed by atoms with Crippen LogP contribution in [0, 0.1) is 5.92 Å². The number of nitrogen functional groups attached to an aromatic ring is 2. The maximum absolute atomic E-state index is 6.25. The third-order valence-electron chi connectivity index (χ3n) is 3.40. The van der Waals surface area contributed by atoms with Gasteiger partial charge in [-0.2, -0.15) is 0 Å². The van der Waals surface area contributed by atoms with Crippen LogP contribution in [-0.4, -0.2) is 38.6 Å². The molecule has 1 atom stereocenters. The van der Waals surface area contributed by atoms with Gasteiger partial charge >= 0.3 is 0 Å². The molecule has 18 heavy (non-hydrogen) atoms. The minimum absolute atomic E-state index is 0.549. The first-order valence-electron chi connectivity index (χ1n) is 6.21. The maximum Gasteiger partial charge on any atom is 0.0661 e. The smallest absolute Gasteiger partial charge is 0.0661 e. The van der Waals surface area contributed by atoms with E-state index in [1.54, 1.807) is 6.07 Å². The molecule has 4 N–H and O–H groups in total.